The van der Waals surface area contributed by atoms with Gasteiger partial charge in [0, 0.05) is 10.8 Å². The summed E-state index contributed by atoms with van der Waals surface area (Å²) in [6.07, 6.45) is -2.03. The second kappa shape index (κ2) is 6.81. The van der Waals surface area contributed by atoms with Crippen molar-refractivity contribution in [2.75, 3.05) is 4.43 Å². The number of rotatable bonds is 4. The normalized spacial score (nSPS) is 32.4. The van der Waals surface area contributed by atoms with E-state index in [1.54, 1.807) is 0 Å². The number of ether oxygens (including phenoxy) is 2. The summed E-state index contributed by atoms with van der Waals surface area (Å²) in [5.74, 6) is 0. The maximum absolute atomic E-state index is 9.95. The van der Waals surface area contributed by atoms with Gasteiger partial charge in [0.05, 0.1) is 18.8 Å². The van der Waals surface area contributed by atoms with E-state index in [0.29, 0.717) is 11.0 Å². The van der Waals surface area contributed by atoms with Crippen molar-refractivity contribution >= 4 is 22.6 Å². The average molecular weight is 364 g/mol. The van der Waals surface area contributed by atoms with Gasteiger partial charge in [0.2, 0.25) is 0 Å². The summed E-state index contributed by atoms with van der Waals surface area (Å²) in [6.45, 7) is 0.440. The van der Waals surface area contributed by atoms with Crippen LogP contribution in [0.2, 0.25) is 0 Å². The van der Waals surface area contributed by atoms with E-state index in [2.05, 4.69) is 22.6 Å². The lowest BCUT2D eigenvalue weighted by Crippen LogP contribution is -2.50. The van der Waals surface area contributed by atoms with Crippen LogP contribution < -0.4 is 0 Å². The molecule has 1 unspecified atom stereocenters. The molecular formula is C13H17IO4. The number of alkyl halides is 1. The molecule has 0 amide bonds. The number of hydrogen-bond acceptors (Lipinski definition) is 4. The first kappa shape index (κ1) is 14.2. The molecule has 4 atom stereocenters. The minimum atomic E-state index is -0.892. The summed E-state index contributed by atoms with van der Waals surface area (Å²) in [5, 5.41) is 19.4. The molecule has 18 heavy (non-hydrogen) atoms. The maximum Gasteiger partial charge on any atom is 0.157 e. The number of aliphatic hydroxyl groups is 2. The zero-order valence-corrected chi connectivity index (χ0v) is 12.1. The fourth-order valence-corrected chi connectivity index (χ4v) is 2.74. The van der Waals surface area contributed by atoms with Gasteiger partial charge >= 0.3 is 0 Å². The minimum Gasteiger partial charge on any atom is -0.390 e. The lowest BCUT2D eigenvalue weighted by molar-refractivity contribution is -0.238. The standard InChI is InChI=1S/C13H17IO4/c14-7-11-13(10(15)6-12(16)18-11)17-8-9-4-2-1-3-5-9/h1-5,10-13,15-16H,6-8H2/t10-,11-,12?,13+/m1/s1. The highest BCUT2D eigenvalue weighted by atomic mass is 127. The smallest absolute Gasteiger partial charge is 0.157 e. The number of hydrogen-bond donors (Lipinski definition) is 2. The Morgan fingerprint density at radius 2 is 2.00 bits per heavy atom. The lowest BCUT2D eigenvalue weighted by atomic mass is 10.0. The van der Waals surface area contributed by atoms with Crippen LogP contribution in [0.5, 0.6) is 0 Å². The molecule has 1 aliphatic heterocycles. The van der Waals surface area contributed by atoms with Crippen LogP contribution in [-0.4, -0.2) is 39.2 Å². The monoisotopic (exact) mass is 364 g/mol. The lowest BCUT2D eigenvalue weighted by Gasteiger charge is -2.37. The molecule has 0 bridgehead atoms. The van der Waals surface area contributed by atoms with Gasteiger partial charge in [-0.25, -0.2) is 0 Å². The summed E-state index contributed by atoms with van der Waals surface area (Å²) in [4.78, 5) is 0. The van der Waals surface area contributed by atoms with Crippen molar-refractivity contribution in [3.63, 3.8) is 0 Å². The molecule has 1 fully saturated rings. The third kappa shape index (κ3) is 3.64. The van der Waals surface area contributed by atoms with Crippen molar-refractivity contribution in [3.8, 4) is 0 Å². The third-order valence-electron chi connectivity index (χ3n) is 2.96. The van der Waals surface area contributed by atoms with Crippen molar-refractivity contribution < 1.29 is 19.7 Å². The van der Waals surface area contributed by atoms with Gasteiger partial charge in [-0.1, -0.05) is 52.9 Å². The summed E-state index contributed by atoms with van der Waals surface area (Å²) < 4.78 is 11.8. The van der Waals surface area contributed by atoms with Gasteiger partial charge in [-0.3, -0.25) is 0 Å². The predicted molar refractivity (Wildman–Crippen MR) is 75.4 cm³/mol. The fourth-order valence-electron chi connectivity index (χ4n) is 2.03. The molecule has 1 aromatic carbocycles. The molecular weight excluding hydrogens is 347 g/mol. The summed E-state index contributed by atoms with van der Waals surface area (Å²) >= 11 is 2.17. The molecule has 2 rings (SSSR count). The van der Waals surface area contributed by atoms with E-state index in [-0.39, 0.29) is 18.6 Å². The van der Waals surface area contributed by atoms with Crippen molar-refractivity contribution in [2.45, 2.75) is 37.6 Å². The zero-order chi connectivity index (χ0) is 13.0. The highest BCUT2D eigenvalue weighted by Gasteiger charge is 2.37. The van der Waals surface area contributed by atoms with Crippen LogP contribution >= 0.6 is 22.6 Å². The number of halogens is 1. The van der Waals surface area contributed by atoms with E-state index in [0.717, 1.165) is 5.56 Å². The fraction of sp³-hybridized carbons (Fsp3) is 0.538. The van der Waals surface area contributed by atoms with E-state index < -0.39 is 12.4 Å². The predicted octanol–water partition coefficient (Wildman–Crippen LogP) is 1.47. The van der Waals surface area contributed by atoms with E-state index >= 15 is 0 Å². The van der Waals surface area contributed by atoms with Gasteiger partial charge < -0.3 is 19.7 Å². The molecule has 2 N–H and O–H groups in total. The zero-order valence-electron chi connectivity index (χ0n) is 9.91. The largest absolute Gasteiger partial charge is 0.390 e. The van der Waals surface area contributed by atoms with Gasteiger partial charge in [-0.15, -0.1) is 0 Å². The van der Waals surface area contributed by atoms with Crippen LogP contribution in [0.3, 0.4) is 0 Å². The molecule has 5 heteroatoms. The summed E-state index contributed by atoms with van der Waals surface area (Å²) in [7, 11) is 0. The Kier molecular flexibility index (Phi) is 5.38. The van der Waals surface area contributed by atoms with Crippen LogP contribution in [0.15, 0.2) is 30.3 Å². The quantitative estimate of drug-likeness (QED) is 0.628. The Morgan fingerprint density at radius 3 is 2.67 bits per heavy atom. The molecule has 0 aromatic heterocycles. The third-order valence-corrected chi connectivity index (χ3v) is 3.83. The molecule has 0 saturated carbocycles. The average Bonchev–Trinajstić information content (AvgIpc) is 2.38. The van der Waals surface area contributed by atoms with Gasteiger partial charge in [0.15, 0.2) is 6.29 Å². The van der Waals surface area contributed by atoms with Crippen LogP contribution in [0.1, 0.15) is 12.0 Å². The molecule has 0 radical (unpaired) electrons. The summed E-state index contributed by atoms with van der Waals surface area (Å²) in [5.41, 5.74) is 1.06. The van der Waals surface area contributed by atoms with E-state index in [1.807, 2.05) is 30.3 Å². The Balaban J connectivity index is 1.94. The first-order valence-corrected chi connectivity index (χ1v) is 7.46. The van der Waals surface area contributed by atoms with Crippen molar-refractivity contribution in [3.05, 3.63) is 35.9 Å². The van der Waals surface area contributed by atoms with Gasteiger partial charge in [0.25, 0.3) is 0 Å². The Morgan fingerprint density at radius 1 is 1.28 bits per heavy atom. The molecule has 0 spiro atoms. The Hall–Kier alpha value is -0.210. The maximum atomic E-state index is 9.95. The molecule has 4 nitrogen and oxygen atoms in total. The molecule has 0 aliphatic carbocycles. The van der Waals surface area contributed by atoms with Crippen LogP contribution in [-0.2, 0) is 16.1 Å². The highest BCUT2D eigenvalue weighted by Crippen LogP contribution is 2.24. The number of benzene rings is 1. The van der Waals surface area contributed by atoms with Gasteiger partial charge in [-0.05, 0) is 5.56 Å². The first-order valence-electron chi connectivity index (χ1n) is 5.94. The Labute approximate surface area is 120 Å². The summed E-state index contributed by atoms with van der Waals surface area (Å²) in [6, 6.07) is 9.80. The number of aliphatic hydroxyl groups excluding tert-OH is 2. The van der Waals surface area contributed by atoms with E-state index in [9.17, 15) is 10.2 Å². The van der Waals surface area contributed by atoms with Crippen LogP contribution in [0, 0.1) is 0 Å². The molecule has 1 saturated heterocycles. The van der Waals surface area contributed by atoms with Gasteiger partial charge in [0.1, 0.15) is 6.10 Å². The molecule has 1 aromatic rings. The minimum absolute atomic E-state index is 0.201. The molecule has 1 aliphatic rings. The van der Waals surface area contributed by atoms with Crippen LogP contribution in [0.4, 0.5) is 0 Å². The van der Waals surface area contributed by atoms with E-state index in [4.69, 9.17) is 9.47 Å². The molecule has 100 valence electrons. The van der Waals surface area contributed by atoms with Gasteiger partial charge in [-0.2, -0.15) is 0 Å². The van der Waals surface area contributed by atoms with Crippen molar-refractivity contribution in [1.82, 2.24) is 0 Å². The Bertz CT molecular complexity index is 359. The first-order chi connectivity index (χ1) is 8.70. The SMILES string of the molecule is OC1C[C@@H](O)[C@H](OCc2ccccc2)[C@@H](CI)O1. The second-order valence-electron chi connectivity index (χ2n) is 4.35. The van der Waals surface area contributed by atoms with Crippen LogP contribution in [0.25, 0.3) is 0 Å². The molecule has 1 heterocycles. The van der Waals surface area contributed by atoms with Crippen molar-refractivity contribution in [2.24, 2.45) is 0 Å². The van der Waals surface area contributed by atoms with Crippen molar-refractivity contribution in [1.29, 1.82) is 0 Å². The second-order valence-corrected chi connectivity index (χ2v) is 5.23. The van der Waals surface area contributed by atoms with E-state index in [1.165, 1.54) is 0 Å². The highest BCUT2D eigenvalue weighted by molar-refractivity contribution is 14.1. The topological polar surface area (TPSA) is 58.9 Å².